The van der Waals surface area contributed by atoms with Crippen molar-refractivity contribution in [2.45, 2.75) is 25.8 Å². The first-order valence-corrected chi connectivity index (χ1v) is 6.66. The van der Waals surface area contributed by atoms with E-state index in [0.717, 1.165) is 12.8 Å². The first-order chi connectivity index (χ1) is 9.11. The van der Waals surface area contributed by atoms with Gasteiger partial charge in [-0.3, -0.25) is 9.69 Å². The van der Waals surface area contributed by atoms with E-state index in [4.69, 9.17) is 9.84 Å². The van der Waals surface area contributed by atoms with Crippen LogP contribution in [0, 0.1) is 6.92 Å². The van der Waals surface area contributed by atoms with Crippen molar-refractivity contribution in [2.24, 2.45) is 0 Å². The van der Waals surface area contributed by atoms with Gasteiger partial charge in [0, 0.05) is 19.7 Å². The molecule has 4 heteroatoms. The number of carboxylic acids is 1. The van der Waals surface area contributed by atoms with E-state index in [1.54, 1.807) is 7.11 Å². The lowest BCUT2D eigenvalue weighted by atomic mass is 10.0. The van der Waals surface area contributed by atoms with E-state index in [2.05, 4.69) is 25.1 Å². The van der Waals surface area contributed by atoms with Crippen LogP contribution in [0.4, 0.5) is 0 Å². The lowest BCUT2D eigenvalue weighted by molar-refractivity contribution is -0.139. The number of carboxylic acid groups (broad SMARTS) is 1. The third kappa shape index (κ3) is 3.33. The van der Waals surface area contributed by atoms with E-state index in [0.29, 0.717) is 13.2 Å². The Bertz CT molecular complexity index is 459. The summed E-state index contributed by atoms with van der Waals surface area (Å²) in [6.07, 6.45) is 2.03. The summed E-state index contributed by atoms with van der Waals surface area (Å²) in [5, 5.41) is 9.06. The molecule has 1 aliphatic rings. The third-order valence-electron chi connectivity index (χ3n) is 3.71. The molecule has 1 aromatic rings. The van der Waals surface area contributed by atoms with E-state index in [-0.39, 0.29) is 12.6 Å². The van der Waals surface area contributed by atoms with Gasteiger partial charge >= 0.3 is 5.97 Å². The van der Waals surface area contributed by atoms with Crippen LogP contribution in [-0.4, -0.2) is 42.8 Å². The van der Waals surface area contributed by atoms with Gasteiger partial charge < -0.3 is 9.84 Å². The molecule has 0 bridgehead atoms. The van der Waals surface area contributed by atoms with Crippen LogP contribution >= 0.6 is 0 Å². The van der Waals surface area contributed by atoms with Gasteiger partial charge in [-0.25, -0.2) is 0 Å². The van der Waals surface area contributed by atoms with Crippen molar-refractivity contribution in [1.29, 1.82) is 0 Å². The third-order valence-corrected chi connectivity index (χ3v) is 3.71. The SMILES string of the molecule is COCCN(CC(=O)O)C1CCc2ccc(C)cc21. The predicted molar refractivity (Wildman–Crippen MR) is 73.3 cm³/mol. The van der Waals surface area contributed by atoms with Crippen LogP contribution in [0.2, 0.25) is 0 Å². The zero-order valence-electron chi connectivity index (χ0n) is 11.6. The fourth-order valence-corrected chi connectivity index (χ4v) is 2.81. The summed E-state index contributed by atoms with van der Waals surface area (Å²) in [6.45, 7) is 3.36. The molecule has 1 unspecified atom stereocenters. The fraction of sp³-hybridized carbons (Fsp3) is 0.533. The Morgan fingerprint density at radius 1 is 1.53 bits per heavy atom. The van der Waals surface area contributed by atoms with Gasteiger partial charge in [0.25, 0.3) is 0 Å². The Balaban J connectivity index is 2.19. The summed E-state index contributed by atoms with van der Waals surface area (Å²) in [4.78, 5) is 13.0. The molecule has 0 saturated carbocycles. The maximum atomic E-state index is 11.0. The molecule has 19 heavy (non-hydrogen) atoms. The molecule has 2 rings (SSSR count). The van der Waals surface area contributed by atoms with E-state index in [9.17, 15) is 4.79 Å². The van der Waals surface area contributed by atoms with Crippen molar-refractivity contribution in [3.05, 3.63) is 34.9 Å². The number of aliphatic carboxylic acids is 1. The smallest absolute Gasteiger partial charge is 0.317 e. The highest BCUT2D eigenvalue weighted by Crippen LogP contribution is 2.36. The van der Waals surface area contributed by atoms with Crippen LogP contribution in [0.5, 0.6) is 0 Å². The molecule has 0 heterocycles. The van der Waals surface area contributed by atoms with Crippen LogP contribution < -0.4 is 0 Å². The van der Waals surface area contributed by atoms with E-state index >= 15 is 0 Å². The molecule has 1 aliphatic carbocycles. The summed E-state index contributed by atoms with van der Waals surface area (Å²) < 4.78 is 5.09. The molecule has 4 nitrogen and oxygen atoms in total. The predicted octanol–water partition coefficient (Wildman–Crippen LogP) is 2.02. The van der Waals surface area contributed by atoms with Crippen LogP contribution in [-0.2, 0) is 16.0 Å². The largest absolute Gasteiger partial charge is 0.480 e. The number of rotatable bonds is 6. The zero-order chi connectivity index (χ0) is 13.8. The molecule has 0 aliphatic heterocycles. The second kappa shape index (κ2) is 6.17. The Kier molecular flexibility index (Phi) is 4.56. The first kappa shape index (κ1) is 14.0. The van der Waals surface area contributed by atoms with Crippen LogP contribution in [0.1, 0.15) is 29.2 Å². The molecular formula is C15H21NO3. The average molecular weight is 263 g/mol. The minimum absolute atomic E-state index is 0.0708. The lowest BCUT2D eigenvalue weighted by Crippen LogP contribution is -2.35. The van der Waals surface area contributed by atoms with Gasteiger partial charge in [0.05, 0.1) is 13.2 Å². The van der Waals surface area contributed by atoms with Crippen molar-refractivity contribution < 1.29 is 14.6 Å². The van der Waals surface area contributed by atoms with Gasteiger partial charge in [0.15, 0.2) is 0 Å². The van der Waals surface area contributed by atoms with Gasteiger partial charge in [-0.2, -0.15) is 0 Å². The molecule has 1 N–H and O–H groups in total. The highest BCUT2D eigenvalue weighted by molar-refractivity contribution is 5.69. The van der Waals surface area contributed by atoms with Gasteiger partial charge in [0.2, 0.25) is 0 Å². The number of benzene rings is 1. The molecule has 0 fully saturated rings. The quantitative estimate of drug-likeness (QED) is 0.853. The minimum Gasteiger partial charge on any atom is -0.480 e. The molecule has 0 saturated heterocycles. The summed E-state index contributed by atoms with van der Waals surface area (Å²) in [5.74, 6) is -0.780. The normalized spacial score (nSPS) is 17.7. The van der Waals surface area contributed by atoms with Crippen molar-refractivity contribution >= 4 is 5.97 Å². The molecule has 0 aromatic heterocycles. The molecule has 104 valence electrons. The maximum Gasteiger partial charge on any atom is 0.317 e. The van der Waals surface area contributed by atoms with Crippen molar-refractivity contribution in [3.63, 3.8) is 0 Å². The summed E-state index contributed by atoms with van der Waals surface area (Å²) in [6, 6.07) is 6.69. The standard InChI is InChI=1S/C15H21NO3/c1-11-3-4-12-5-6-14(13(12)9-11)16(7-8-19-2)10-15(17)18/h3-4,9,14H,5-8,10H2,1-2H3,(H,17,18). The highest BCUT2D eigenvalue weighted by atomic mass is 16.5. The summed E-state index contributed by atoms with van der Waals surface area (Å²) >= 11 is 0. The van der Waals surface area contributed by atoms with Crippen LogP contribution in [0.3, 0.4) is 0 Å². The molecule has 0 amide bonds. The van der Waals surface area contributed by atoms with E-state index in [1.807, 2.05) is 4.90 Å². The number of methoxy groups -OCH3 is 1. The number of nitrogens with zero attached hydrogens (tertiary/aromatic N) is 1. The second-order valence-electron chi connectivity index (χ2n) is 5.11. The summed E-state index contributed by atoms with van der Waals surface area (Å²) in [5.41, 5.74) is 3.87. The lowest BCUT2D eigenvalue weighted by Gasteiger charge is -2.27. The number of aryl methyl sites for hydroxylation is 2. The number of hydrogen-bond donors (Lipinski definition) is 1. The van der Waals surface area contributed by atoms with Crippen LogP contribution in [0.15, 0.2) is 18.2 Å². The molecular weight excluding hydrogens is 242 g/mol. The van der Waals surface area contributed by atoms with Crippen molar-refractivity contribution in [3.8, 4) is 0 Å². The van der Waals surface area contributed by atoms with Gasteiger partial charge in [-0.05, 0) is 30.9 Å². The van der Waals surface area contributed by atoms with E-state index < -0.39 is 5.97 Å². The fourth-order valence-electron chi connectivity index (χ4n) is 2.81. The number of fused-ring (bicyclic) bond motifs is 1. The highest BCUT2D eigenvalue weighted by Gasteiger charge is 2.28. The molecule has 1 aromatic carbocycles. The number of ether oxygens (including phenoxy) is 1. The molecule has 0 spiro atoms. The van der Waals surface area contributed by atoms with Gasteiger partial charge in [-0.1, -0.05) is 23.8 Å². The summed E-state index contributed by atoms with van der Waals surface area (Å²) in [7, 11) is 1.64. The molecule has 0 radical (unpaired) electrons. The van der Waals surface area contributed by atoms with Crippen LogP contribution in [0.25, 0.3) is 0 Å². The Labute approximate surface area is 114 Å². The maximum absolute atomic E-state index is 11.0. The van der Waals surface area contributed by atoms with Gasteiger partial charge in [-0.15, -0.1) is 0 Å². The van der Waals surface area contributed by atoms with Crippen molar-refractivity contribution in [2.75, 3.05) is 26.8 Å². The average Bonchev–Trinajstić information content (AvgIpc) is 2.77. The zero-order valence-corrected chi connectivity index (χ0v) is 11.6. The minimum atomic E-state index is -0.780. The Hall–Kier alpha value is -1.39. The van der Waals surface area contributed by atoms with Gasteiger partial charge in [0.1, 0.15) is 0 Å². The Morgan fingerprint density at radius 3 is 3.00 bits per heavy atom. The number of hydrogen-bond acceptors (Lipinski definition) is 3. The molecule has 1 atom stereocenters. The monoisotopic (exact) mass is 263 g/mol. The Morgan fingerprint density at radius 2 is 2.32 bits per heavy atom. The van der Waals surface area contributed by atoms with Crippen molar-refractivity contribution in [1.82, 2.24) is 4.90 Å². The number of carbonyl (C=O) groups is 1. The topological polar surface area (TPSA) is 49.8 Å². The first-order valence-electron chi connectivity index (χ1n) is 6.66. The van der Waals surface area contributed by atoms with E-state index in [1.165, 1.54) is 16.7 Å². The second-order valence-corrected chi connectivity index (χ2v) is 5.11.